The third-order valence-electron chi connectivity index (χ3n) is 7.28. The number of carbonyl (C=O) groups is 2. The number of nitrogen functional groups attached to an aromatic ring is 1. The van der Waals surface area contributed by atoms with Gasteiger partial charge in [-0.3, -0.25) is 23.2 Å². The quantitative estimate of drug-likeness (QED) is 0.0606. The van der Waals surface area contributed by atoms with Crippen molar-refractivity contribution in [3.8, 4) is 0 Å². The standard InChI is InChI=1S/C29H20ClN7O11S3.Na/c30-27-35-28(37-29(36-27)34-16-7-3-4-8-19(16)49(40,41)42)32-13-9-10-17(20(11-13)50(43,44)45)33-18-12-21(51(46,47)48)24(31)23-22(18)25(38)14-5-1-2-6-15(14)26(23)39;/h1-12,33H,31H2,(H,40,41,42)(H,43,44,45)(H,46,47,48)(H2,32,34,35,36,37);/q;+1. The third-order valence-corrected chi connectivity index (χ3v) is 10.2. The average Bonchev–Trinajstić information content (AvgIpc) is 3.03. The van der Waals surface area contributed by atoms with Crippen molar-refractivity contribution in [1.82, 2.24) is 15.0 Å². The molecule has 23 heteroatoms. The zero-order chi connectivity index (χ0) is 37.0. The van der Waals surface area contributed by atoms with Crippen molar-refractivity contribution < 1.29 is 78.1 Å². The zero-order valence-electron chi connectivity index (χ0n) is 26.1. The normalized spacial score (nSPS) is 12.7. The van der Waals surface area contributed by atoms with E-state index in [-0.39, 0.29) is 64.0 Å². The van der Waals surface area contributed by atoms with Crippen molar-refractivity contribution in [2.24, 2.45) is 0 Å². The molecule has 0 atom stereocenters. The van der Waals surface area contributed by atoms with Crippen molar-refractivity contribution in [3.05, 3.63) is 100 Å². The summed E-state index contributed by atoms with van der Waals surface area (Å²) in [6.07, 6.45) is 0. The molecule has 5 aromatic rings. The monoisotopic (exact) mass is 796 g/mol. The Bertz CT molecular complexity index is 2680. The van der Waals surface area contributed by atoms with Gasteiger partial charge in [0, 0.05) is 16.8 Å². The Morgan fingerprint density at radius 3 is 1.69 bits per heavy atom. The van der Waals surface area contributed by atoms with Gasteiger partial charge in [-0.2, -0.15) is 40.2 Å². The Morgan fingerprint density at radius 1 is 0.577 bits per heavy atom. The van der Waals surface area contributed by atoms with Gasteiger partial charge in [0.15, 0.2) is 11.6 Å². The molecule has 1 aliphatic rings. The average molecular weight is 797 g/mol. The molecule has 0 saturated heterocycles. The molecule has 0 spiro atoms. The molecule has 0 amide bonds. The maximum absolute atomic E-state index is 13.6. The summed E-state index contributed by atoms with van der Waals surface area (Å²) in [4.78, 5) is 36.6. The zero-order valence-corrected chi connectivity index (χ0v) is 31.3. The first-order valence-corrected chi connectivity index (χ1v) is 18.6. The summed E-state index contributed by atoms with van der Waals surface area (Å²) in [6, 6.07) is 14.8. The van der Waals surface area contributed by atoms with Crippen molar-refractivity contribution in [3.63, 3.8) is 0 Å². The number of halogens is 1. The van der Waals surface area contributed by atoms with Gasteiger partial charge in [-0.15, -0.1) is 0 Å². The molecule has 4 aromatic carbocycles. The van der Waals surface area contributed by atoms with Gasteiger partial charge in [-0.1, -0.05) is 36.4 Å². The predicted octanol–water partition coefficient (Wildman–Crippen LogP) is 0.857. The van der Waals surface area contributed by atoms with Gasteiger partial charge in [0.25, 0.3) is 30.4 Å². The number of nitrogens with zero attached hydrogens (tertiary/aromatic N) is 3. The summed E-state index contributed by atoms with van der Waals surface area (Å²) >= 11 is 6.02. The second-order valence-electron chi connectivity index (χ2n) is 10.5. The van der Waals surface area contributed by atoms with E-state index in [0.717, 1.165) is 24.3 Å². The minimum absolute atomic E-state index is 0. The molecule has 262 valence electrons. The second-order valence-corrected chi connectivity index (χ2v) is 15.1. The summed E-state index contributed by atoms with van der Waals surface area (Å²) in [5, 5.41) is 7.39. The van der Waals surface area contributed by atoms with Crippen LogP contribution in [0.1, 0.15) is 31.8 Å². The minimum Gasteiger partial charge on any atom is -0.397 e. The van der Waals surface area contributed by atoms with Gasteiger partial charge in [0.05, 0.1) is 33.9 Å². The first-order valence-electron chi connectivity index (χ1n) is 13.9. The van der Waals surface area contributed by atoms with Crippen LogP contribution in [0, 0.1) is 0 Å². The van der Waals surface area contributed by atoms with E-state index >= 15 is 0 Å². The van der Waals surface area contributed by atoms with Crippen molar-refractivity contribution in [2.45, 2.75) is 14.7 Å². The van der Waals surface area contributed by atoms with Gasteiger partial charge in [-0.05, 0) is 48.0 Å². The van der Waals surface area contributed by atoms with Crippen LogP contribution in [0.3, 0.4) is 0 Å². The molecule has 0 saturated carbocycles. The first-order chi connectivity index (χ1) is 23.8. The van der Waals surface area contributed by atoms with E-state index in [1.54, 1.807) is 0 Å². The molecule has 0 radical (unpaired) electrons. The van der Waals surface area contributed by atoms with Crippen molar-refractivity contribution >= 4 is 93.9 Å². The SMILES string of the molecule is Nc1c(S(=O)(=O)O)cc(Nc2ccc(Nc3nc(Cl)nc(Nc4ccccc4S(=O)(=O)O)n3)cc2S(=O)(=O)O)c2c1C(=O)c1ccccc1C2=O.[Na+]. The van der Waals surface area contributed by atoms with Crippen LogP contribution in [-0.2, 0) is 30.4 Å². The Labute approximate surface area is 321 Å². The number of hydrogen-bond acceptors (Lipinski definition) is 15. The number of aromatic nitrogens is 3. The Balaban J connectivity index is 0.00000523. The maximum atomic E-state index is 13.6. The topological polar surface area (TPSA) is 298 Å². The molecular weight excluding hydrogens is 777 g/mol. The van der Waals surface area contributed by atoms with Crippen molar-refractivity contribution in [2.75, 3.05) is 21.7 Å². The van der Waals surface area contributed by atoms with Crippen molar-refractivity contribution in [1.29, 1.82) is 0 Å². The molecule has 0 aliphatic heterocycles. The van der Waals surface area contributed by atoms with E-state index < -0.39 is 90.1 Å². The molecule has 6 rings (SSSR count). The predicted molar refractivity (Wildman–Crippen MR) is 181 cm³/mol. The number of hydrogen-bond donors (Lipinski definition) is 7. The summed E-state index contributed by atoms with van der Waals surface area (Å²) in [5.74, 6) is -2.23. The molecule has 1 aromatic heterocycles. The first kappa shape index (κ1) is 38.7. The van der Waals surface area contributed by atoms with E-state index in [9.17, 15) is 48.5 Å². The molecule has 0 unspecified atom stereocenters. The van der Waals surface area contributed by atoms with Crippen LogP contribution in [0.25, 0.3) is 0 Å². The fourth-order valence-corrected chi connectivity index (χ4v) is 7.30. The van der Waals surface area contributed by atoms with E-state index in [1.165, 1.54) is 48.5 Å². The van der Waals surface area contributed by atoms with Gasteiger partial charge in [-0.25, -0.2) is 0 Å². The summed E-state index contributed by atoms with van der Waals surface area (Å²) < 4.78 is 103. The smallest absolute Gasteiger partial charge is 0.397 e. The molecule has 8 N–H and O–H groups in total. The number of anilines is 7. The molecule has 0 fully saturated rings. The molecular formula is C29H20ClN7NaO11S3+. The molecule has 1 aliphatic carbocycles. The largest absolute Gasteiger partial charge is 1.00 e. The fourth-order valence-electron chi connectivity index (χ4n) is 5.17. The second kappa shape index (κ2) is 14.1. The van der Waals surface area contributed by atoms with Gasteiger partial charge in [0.1, 0.15) is 14.7 Å². The van der Waals surface area contributed by atoms with Crippen LogP contribution in [-0.4, -0.2) is 65.4 Å². The molecule has 18 nitrogen and oxygen atoms in total. The Morgan fingerprint density at radius 2 is 1.10 bits per heavy atom. The van der Waals surface area contributed by atoms with Gasteiger partial charge >= 0.3 is 29.6 Å². The number of nitrogens with two attached hydrogens (primary N) is 1. The van der Waals surface area contributed by atoms with Crippen LogP contribution in [0.15, 0.2) is 87.5 Å². The van der Waals surface area contributed by atoms with Crippen LogP contribution >= 0.6 is 11.6 Å². The Hall–Kier alpha value is -4.55. The molecule has 52 heavy (non-hydrogen) atoms. The van der Waals surface area contributed by atoms with Crippen LogP contribution in [0.2, 0.25) is 5.28 Å². The van der Waals surface area contributed by atoms with Gasteiger partial charge in [0.2, 0.25) is 17.2 Å². The van der Waals surface area contributed by atoms with E-state index in [1.807, 2.05) is 0 Å². The van der Waals surface area contributed by atoms with E-state index in [0.29, 0.717) is 0 Å². The number of para-hydroxylation sites is 1. The number of rotatable bonds is 9. The summed E-state index contributed by atoms with van der Waals surface area (Å²) in [5.41, 5.74) is 3.07. The summed E-state index contributed by atoms with van der Waals surface area (Å²) in [6.45, 7) is 0. The number of nitrogens with one attached hydrogen (secondary N) is 3. The van der Waals surface area contributed by atoms with E-state index in [4.69, 9.17) is 17.3 Å². The molecule has 1 heterocycles. The Kier molecular flexibility index (Phi) is 10.5. The minimum atomic E-state index is -5.10. The van der Waals surface area contributed by atoms with Crippen LogP contribution in [0.4, 0.5) is 40.3 Å². The third kappa shape index (κ3) is 7.64. The van der Waals surface area contributed by atoms with E-state index in [2.05, 4.69) is 30.9 Å². The number of carbonyl (C=O) groups excluding carboxylic acids is 2. The van der Waals surface area contributed by atoms with Gasteiger partial charge < -0.3 is 21.7 Å². The number of benzene rings is 4. The van der Waals surface area contributed by atoms with Crippen LogP contribution < -0.4 is 51.2 Å². The summed E-state index contributed by atoms with van der Waals surface area (Å²) in [7, 11) is -14.9. The number of fused-ring (bicyclic) bond motifs is 2. The maximum Gasteiger partial charge on any atom is 1.00 e. The van der Waals surface area contributed by atoms with Crippen LogP contribution in [0.5, 0.6) is 0 Å². The molecule has 0 bridgehead atoms. The number of ketones is 2. The fraction of sp³-hybridized carbons (Fsp3) is 0.